The minimum Gasteiger partial charge on any atom is -0.462 e. The Balaban J connectivity index is 3.34. The molecule has 5 nitrogen and oxygen atoms in total. The van der Waals surface area contributed by atoms with Crippen molar-refractivity contribution in [2.75, 3.05) is 13.2 Å². The van der Waals surface area contributed by atoms with Crippen LogP contribution >= 0.6 is 0 Å². The second kappa shape index (κ2) is 84.8. The van der Waals surface area contributed by atoms with Gasteiger partial charge in [0.15, 0.2) is 6.10 Å². The number of hydrogen-bond acceptors (Lipinski definition) is 5. The smallest absolute Gasteiger partial charge is 0.306 e. The number of aliphatic hydroxyl groups excluding tert-OH is 1. The quantitative estimate of drug-likeness (QED) is 0.0373. The normalized spacial score (nSPS) is 12.4. The van der Waals surface area contributed by atoms with Crippen molar-refractivity contribution in [2.24, 2.45) is 0 Å². The zero-order valence-corrected chi connectivity index (χ0v) is 63.8. The lowest BCUT2D eigenvalue weighted by atomic mass is 10.0. The Morgan fingerprint density at radius 3 is 0.702 bits per heavy atom. The van der Waals surface area contributed by atoms with E-state index in [4.69, 9.17) is 9.47 Å². The molecule has 552 valence electrons. The summed E-state index contributed by atoms with van der Waals surface area (Å²) in [5.41, 5.74) is 0. The van der Waals surface area contributed by atoms with Crippen LogP contribution in [0.1, 0.15) is 476 Å². The molecule has 0 saturated carbocycles. The van der Waals surface area contributed by atoms with E-state index in [0.717, 1.165) is 57.8 Å². The van der Waals surface area contributed by atoms with Crippen LogP contribution < -0.4 is 0 Å². The van der Waals surface area contributed by atoms with Gasteiger partial charge in [0.2, 0.25) is 0 Å². The predicted octanol–water partition coefficient (Wildman–Crippen LogP) is 30.3. The van der Waals surface area contributed by atoms with Gasteiger partial charge in [-0.15, -0.1) is 0 Å². The maximum atomic E-state index is 12.4. The van der Waals surface area contributed by atoms with Crippen LogP contribution in [-0.4, -0.2) is 36.4 Å². The van der Waals surface area contributed by atoms with Crippen molar-refractivity contribution in [3.63, 3.8) is 0 Å². The van der Waals surface area contributed by atoms with Gasteiger partial charge in [-0.1, -0.05) is 447 Å². The Morgan fingerprint density at radius 1 is 0.255 bits per heavy atom. The van der Waals surface area contributed by atoms with Gasteiger partial charge in [0.25, 0.3) is 0 Å². The van der Waals surface area contributed by atoms with E-state index in [-0.39, 0.29) is 25.2 Å². The monoisotopic (exact) mass is 1320 g/mol. The van der Waals surface area contributed by atoms with Crippen LogP contribution in [-0.2, 0) is 19.1 Å². The Morgan fingerprint density at radius 2 is 0.457 bits per heavy atom. The number of hydrogen-bond donors (Lipinski definition) is 1. The Labute approximate surface area is 589 Å². The molecule has 0 bridgehead atoms. The number of unbranched alkanes of at least 4 members (excludes halogenated alkanes) is 63. The maximum Gasteiger partial charge on any atom is 0.306 e. The number of aliphatic hydroxyl groups is 1. The first-order valence-corrected chi connectivity index (χ1v) is 42.8. The first kappa shape index (κ1) is 91.6. The van der Waals surface area contributed by atoms with Crippen molar-refractivity contribution < 1.29 is 24.2 Å². The van der Waals surface area contributed by atoms with Gasteiger partial charge in [0.1, 0.15) is 6.61 Å². The number of carbonyl (C=O) groups is 2. The van der Waals surface area contributed by atoms with Crippen LogP contribution in [0.4, 0.5) is 0 Å². The molecule has 0 heterocycles. The fourth-order valence-corrected chi connectivity index (χ4v) is 13.4. The first-order chi connectivity index (χ1) is 46.6. The van der Waals surface area contributed by atoms with Gasteiger partial charge in [0.05, 0.1) is 6.61 Å². The third-order valence-corrected chi connectivity index (χ3v) is 19.8. The number of carbonyl (C=O) groups excluding carboxylic acids is 2. The molecule has 0 amide bonds. The largest absolute Gasteiger partial charge is 0.462 e. The van der Waals surface area contributed by atoms with Crippen LogP contribution in [0.3, 0.4) is 0 Å². The summed E-state index contributed by atoms with van der Waals surface area (Å²) >= 11 is 0. The highest BCUT2D eigenvalue weighted by molar-refractivity contribution is 5.70. The molecule has 1 N–H and O–H groups in total. The summed E-state index contributed by atoms with van der Waals surface area (Å²) in [5, 5.41) is 9.74. The fraction of sp³-hybridized carbons (Fsp3) is 0.865. The summed E-state index contributed by atoms with van der Waals surface area (Å²) in [7, 11) is 0. The molecule has 0 aliphatic carbocycles. The van der Waals surface area contributed by atoms with Gasteiger partial charge in [0, 0.05) is 12.8 Å². The number of rotatable bonds is 81. The van der Waals surface area contributed by atoms with E-state index in [1.165, 1.54) is 392 Å². The van der Waals surface area contributed by atoms with Gasteiger partial charge < -0.3 is 14.6 Å². The second-order valence-electron chi connectivity index (χ2n) is 29.2. The Kier molecular flexibility index (Phi) is 82.7. The molecule has 5 heteroatoms. The molecule has 0 rings (SSSR count). The molecule has 0 radical (unpaired) electrons. The zero-order valence-electron chi connectivity index (χ0n) is 63.8. The van der Waals surface area contributed by atoms with Crippen LogP contribution in [0.2, 0.25) is 0 Å². The average Bonchev–Trinajstić information content (AvgIpc) is 3.77. The third kappa shape index (κ3) is 82.0. The van der Waals surface area contributed by atoms with Gasteiger partial charge in [-0.3, -0.25) is 9.59 Å². The summed E-state index contributed by atoms with van der Waals surface area (Å²) in [6, 6.07) is 0. The van der Waals surface area contributed by atoms with E-state index in [1.807, 2.05) is 0 Å². The molecule has 0 spiro atoms. The zero-order chi connectivity index (χ0) is 67.5. The third-order valence-electron chi connectivity index (χ3n) is 19.8. The Bertz CT molecular complexity index is 1590. The number of esters is 2. The molecule has 0 aromatic rings. The number of ether oxygens (including phenoxy) is 2. The second-order valence-corrected chi connectivity index (χ2v) is 29.2. The molecule has 0 aliphatic heterocycles. The van der Waals surface area contributed by atoms with Gasteiger partial charge in [-0.2, -0.15) is 0 Å². The lowest BCUT2D eigenvalue weighted by Crippen LogP contribution is -2.28. The van der Waals surface area contributed by atoms with Crippen molar-refractivity contribution >= 4 is 11.9 Å². The van der Waals surface area contributed by atoms with Crippen molar-refractivity contribution in [2.45, 2.75) is 482 Å². The molecule has 0 fully saturated rings. The summed E-state index contributed by atoms with van der Waals surface area (Å²) < 4.78 is 10.8. The van der Waals surface area contributed by atoms with Gasteiger partial charge in [-0.05, 0) is 77.0 Å². The highest BCUT2D eigenvalue weighted by atomic mass is 16.6. The topological polar surface area (TPSA) is 72.8 Å². The highest BCUT2D eigenvalue weighted by Crippen LogP contribution is 2.21. The lowest BCUT2D eigenvalue weighted by molar-refractivity contribution is -0.161. The van der Waals surface area contributed by atoms with Crippen molar-refractivity contribution in [1.82, 2.24) is 0 Å². The van der Waals surface area contributed by atoms with Crippen molar-refractivity contribution in [3.8, 4) is 0 Å². The molecular formula is C89H166O5. The van der Waals surface area contributed by atoms with Gasteiger partial charge >= 0.3 is 11.9 Å². The fourth-order valence-electron chi connectivity index (χ4n) is 13.4. The van der Waals surface area contributed by atoms with Crippen LogP contribution in [0.15, 0.2) is 60.8 Å². The van der Waals surface area contributed by atoms with E-state index in [1.54, 1.807) is 0 Å². The SMILES string of the molecule is CC/C=C\C/C=C\C/C=C\C/C=C\CCCCCCCCCCCCCCCCCCCCCCCCCCCCCCC(=O)OC(CO)COC(=O)CCCCCCCCCCCCCCCCCCCCCCCCCCCCC/C=C\CCCCCCCCCC. The minimum absolute atomic E-state index is 0.0584. The molecule has 1 atom stereocenters. The predicted molar refractivity (Wildman–Crippen MR) is 417 cm³/mol. The van der Waals surface area contributed by atoms with Crippen LogP contribution in [0.25, 0.3) is 0 Å². The lowest BCUT2D eigenvalue weighted by Gasteiger charge is -2.15. The van der Waals surface area contributed by atoms with Crippen LogP contribution in [0.5, 0.6) is 0 Å². The molecule has 1 unspecified atom stereocenters. The molecule has 0 saturated heterocycles. The van der Waals surface area contributed by atoms with Crippen LogP contribution in [0, 0.1) is 0 Å². The minimum atomic E-state index is -0.771. The molecule has 94 heavy (non-hydrogen) atoms. The molecule has 0 aromatic carbocycles. The molecule has 0 aliphatic rings. The van der Waals surface area contributed by atoms with E-state index < -0.39 is 6.10 Å². The van der Waals surface area contributed by atoms with E-state index >= 15 is 0 Å². The summed E-state index contributed by atoms with van der Waals surface area (Å²) in [4.78, 5) is 24.8. The molecular weight excluding hydrogens is 1150 g/mol. The van der Waals surface area contributed by atoms with Crippen molar-refractivity contribution in [3.05, 3.63) is 60.8 Å². The van der Waals surface area contributed by atoms with E-state index in [9.17, 15) is 14.7 Å². The van der Waals surface area contributed by atoms with Crippen molar-refractivity contribution in [1.29, 1.82) is 0 Å². The standard InChI is InChI=1S/C89H166O5/c1-3-5-7-9-11-13-15-17-19-21-23-25-27-29-31-33-35-37-39-41-43-44-46-48-50-52-54-56-58-60-62-64-66-68-70-72-74-76-78-80-82-84-89(92)94-87(85-90)86-93-88(91)83-81-79-77-75-73-71-69-67-65-63-61-59-57-55-53-51-49-47-45-42-40-38-36-34-32-30-28-26-24-22-20-18-16-14-12-10-8-6-4-2/h5,7,11,13,17,19,22-25,87,90H,3-4,6,8-10,12,14-16,18,20-21,26-86H2,1-2H3/b7-5-,13-11-,19-17-,24-22-,25-23-. The van der Waals surface area contributed by atoms with Gasteiger partial charge in [-0.25, -0.2) is 0 Å². The Hall–Kier alpha value is -2.40. The van der Waals surface area contributed by atoms with E-state index in [2.05, 4.69) is 74.6 Å². The molecule has 0 aromatic heterocycles. The van der Waals surface area contributed by atoms with E-state index in [0.29, 0.717) is 12.8 Å². The summed E-state index contributed by atoms with van der Waals surface area (Å²) in [5.74, 6) is -0.561. The first-order valence-electron chi connectivity index (χ1n) is 42.8. The summed E-state index contributed by atoms with van der Waals surface area (Å²) in [6.07, 6.45) is 118. The highest BCUT2D eigenvalue weighted by Gasteiger charge is 2.16. The average molecular weight is 1320 g/mol. The summed E-state index contributed by atoms with van der Waals surface area (Å²) in [6.45, 7) is 4.10. The number of allylic oxidation sites excluding steroid dienone is 10. The maximum absolute atomic E-state index is 12.4.